The second-order valence-corrected chi connectivity index (χ2v) is 5.04. The second kappa shape index (κ2) is 10.4. The van der Waals surface area contributed by atoms with Gasteiger partial charge in [0.05, 0.1) is 12.3 Å². The number of H-pyrrole nitrogens is 1. The third-order valence-corrected chi connectivity index (χ3v) is 3.27. The van der Waals surface area contributed by atoms with Gasteiger partial charge >= 0.3 is 5.69 Å². The predicted octanol–water partition coefficient (Wildman–Crippen LogP) is 0.947. The number of ether oxygens (including phenoxy) is 1. The summed E-state index contributed by atoms with van der Waals surface area (Å²) in [6.07, 6.45) is -0.172. The van der Waals surface area contributed by atoms with Crippen LogP contribution in [0.1, 0.15) is 32.9 Å². The molecule has 1 saturated heterocycles. The Morgan fingerprint density at radius 3 is 2.64 bits per heavy atom. The molecule has 3 atom stereocenters. The predicted molar refractivity (Wildman–Crippen MR) is 91.0 cm³/mol. The minimum Gasteiger partial charge on any atom is -0.388 e. The third-order valence-electron chi connectivity index (χ3n) is 3.18. The van der Waals surface area contributed by atoms with E-state index in [4.69, 9.17) is 16.3 Å². The van der Waals surface area contributed by atoms with Gasteiger partial charge in [0, 0.05) is 23.6 Å². The minimum atomic E-state index is -1.08. The molecule has 0 aliphatic carbocycles. The number of aromatic nitrogens is 2. The van der Waals surface area contributed by atoms with Crippen LogP contribution in [-0.4, -0.2) is 26.9 Å². The number of nitrogens with zero attached hydrogens (tertiary/aromatic N) is 1. The molecule has 0 aromatic carbocycles. The van der Waals surface area contributed by atoms with Crippen molar-refractivity contribution >= 4 is 11.6 Å². The molecule has 0 amide bonds. The number of aliphatic hydroxyl groups is 1. The van der Waals surface area contributed by atoms with Crippen molar-refractivity contribution in [2.24, 2.45) is 0 Å². The maximum absolute atomic E-state index is 13.1. The average Bonchev–Trinajstić information content (AvgIpc) is 2.96. The van der Waals surface area contributed by atoms with E-state index in [1.165, 1.54) is 0 Å². The van der Waals surface area contributed by atoms with E-state index in [1.54, 1.807) is 6.92 Å². The van der Waals surface area contributed by atoms with Crippen LogP contribution in [0.25, 0.3) is 0 Å². The van der Waals surface area contributed by atoms with Crippen LogP contribution in [0.4, 0.5) is 4.39 Å². The first kappa shape index (κ1) is 20.5. The molecule has 0 saturated carbocycles. The molecule has 2 heterocycles. The number of hydrogen-bond donors (Lipinski definition) is 2. The number of halogens is 2. The second-order valence-electron chi connectivity index (χ2n) is 4.85. The highest BCUT2D eigenvalue weighted by Crippen LogP contribution is 2.28. The van der Waals surface area contributed by atoms with E-state index >= 15 is 0 Å². The summed E-state index contributed by atoms with van der Waals surface area (Å²) < 4.78 is 19.4. The van der Waals surface area contributed by atoms with Crippen LogP contribution >= 0.6 is 11.6 Å². The van der Waals surface area contributed by atoms with Gasteiger partial charge in [-0.2, -0.15) is 4.39 Å². The number of nitrogens with one attached hydrogen (secondary N) is 1. The smallest absolute Gasteiger partial charge is 0.330 e. The van der Waals surface area contributed by atoms with Crippen molar-refractivity contribution in [1.82, 2.24) is 9.55 Å². The van der Waals surface area contributed by atoms with Crippen LogP contribution in [0.5, 0.6) is 0 Å². The Labute approximate surface area is 149 Å². The molecule has 132 valence electrons. The van der Waals surface area contributed by atoms with Gasteiger partial charge in [-0.1, -0.05) is 12.8 Å². The Hall–Kier alpha value is -2.50. The van der Waals surface area contributed by atoms with Gasteiger partial charge in [-0.25, -0.2) is 4.79 Å². The normalized spacial score (nSPS) is 20.6. The van der Waals surface area contributed by atoms with E-state index in [1.807, 2.05) is 11.9 Å². The molecule has 25 heavy (non-hydrogen) atoms. The van der Waals surface area contributed by atoms with E-state index in [0.29, 0.717) is 12.8 Å². The lowest BCUT2D eigenvalue weighted by Crippen LogP contribution is -2.36. The molecule has 6 nitrogen and oxygen atoms in total. The fourth-order valence-corrected chi connectivity index (χ4v) is 2.09. The van der Waals surface area contributed by atoms with Gasteiger partial charge in [-0.3, -0.25) is 14.3 Å². The SMILES string of the molecule is CC#CC#CC#CCl.CC[C@H]1CC(O)[C@@H](n2cc(F)c(=O)[nH]c2=O)O1. The van der Waals surface area contributed by atoms with Gasteiger partial charge in [0.15, 0.2) is 6.23 Å². The van der Waals surface area contributed by atoms with E-state index in [2.05, 4.69) is 35.0 Å². The topological polar surface area (TPSA) is 84.3 Å². The van der Waals surface area contributed by atoms with Crippen LogP contribution in [0.2, 0.25) is 0 Å². The molecule has 0 spiro atoms. The largest absolute Gasteiger partial charge is 0.388 e. The summed E-state index contributed by atoms with van der Waals surface area (Å²) in [6.45, 7) is 3.60. The van der Waals surface area contributed by atoms with Crippen molar-refractivity contribution in [1.29, 1.82) is 0 Å². The van der Waals surface area contributed by atoms with Gasteiger partial charge in [0.25, 0.3) is 5.56 Å². The number of rotatable bonds is 2. The monoisotopic (exact) mass is 366 g/mol. The van der Waals surface area contributed by atoms with Crippen molar-refractivity contribution in [3.05, 3.63) is 32.9 Å². The summed E-state index contributed by atoms with van der Waals surface area (Å²) >= 11 is 4.97. The lowest BCUT2D eigenvalue weighted by atomic mass is 10.1. The Morgan fingerprint density at radius 1 is 1.40 bits per heavy atom. The van der Waals surface area contributed by atoms with Gasteiger partial charge in [-0.05, 0) is 36.8 Å². The quantitative estimate of drug-likeness (QED) is 0.763. The van der Waals surface area contributed by atoms with Gasteiger partial charge in [0.2, 0.25) is 5.82 Å². The fraction of sp³-hybridized carbons (Fsp3) is 0.412. The average molecular weight is 367 g/mol. The lowest BCUT2D eigenvalue weighted by molar-refractivity contribution is -0.0410. The first-order valence-electron chi connectivity index (χ1n) is 7.31. The van der Waals surface area contributed by atoms with Crippen LogP contribution in [0, 0.1) is 40.8 Å². The summed E-state index contributed by atoms with van der Waals surface area (Å²) in [7, 11) is 0. The number of aromatic amines is 1. The molecule has 0 bridgehead atoms. The zero-order valence-corrected chi connectivity index (χ0v) is 14.4. The van der Waals surface area contributed by atoms with Crippen molar-refractivity contribution in [3.63, 3.8) is 0 Å². The van der Waals surface area contributed by atoms with Crippen molar-refractivity contribution in [3.8, 4) is 35.0 Å². The maximum Gasteiger partial charge on any atom is 0.330 e. The molecule has 0 radical (unpaired) electrons. The molecule has 2 N–H and O–H groups in total. The van der Waals surface area contributed by atoms with Crippen LogP contribution < -0.4 is 11.2 Å². The molecule has 1 aliphatic heterocycles. The van der Waals surface area contributed by atoms with Crippen LogP contribution in [0.3, 0.4) is 0 Å². The highest BCUT2D eigenvalue weighted by Gasteiger charge is 2.35. The Bertz CT molecular complexity index is 865. The zero-order valence-electron chi connectivity index (χ0n) is 13.6. The van der Waals surface area contributed by atoms with E-state index in [9.17, 15) is 19.1 Å². The highest BCUT2D eigenvalue weighted by atomic mass is 35.5. The molecule has 1 aromatic rings. The van der Waals surface area contributed by atoms with Crippen LogP contribution in [0.15, 0.2) is 15.8 Å². The third kappa shape index (κ3) is 6.14. The molecular formula is C17H16ClFN2O4. The minimum absolute atomic E-state index is 0.170. The summed E-state index contributed by atoms with van der Waals surface area (Å²) in [5.41, 5.74) is -1.87. The van der Waals surface area contributed by atoms with Gasteiger partial charge in [-0.15, -0.1) is 0 Å². The first-order chi connectivity index (χ1) is 11.9. The van der Waals surface area contributed by atoms with E-state index < -0.39 is 29.4 Å². The van der Waals surface area contributed by atoms with Crippen molar-refractivity contribution in [2.75, 3.05) is 0 Å². The lowest BCUT2D eigenvalue weighted by Gasteiger charge is -2.16. The van der Waals surface area contributed by atoms with Gasteiger partial charge < -0.3 is 9.84 Å². The summed E-state index contributed by atoms with van der Waals surface area (Å²) in [5.74, 6) is 11.2. The molecular weight excluding hydrogens is 351 g/mol. The standard InChI is InChI=1S/C10H13FN2O4.C7H3Cl/c1-2-5-3-7(14)9(17-5)13-4-6(11)8(15)12-10(13)16;1-2-3-4-5-6-7-8/h4-5,7,9,14H,2-3H2,1H3,(H,12,15,16);1H3/t5-,7?,9-;/m0./s1. The fourth-order valence-electron chi connectivity index (χ4n) is 2.04. The number of aliphatic hydroxyl groups excluding tert-OH is 1. The Balaban J connectivity index is 0.000000333. The Morgan fingerprint density at radius 2 is 2.08 bits per heavy atom. The van der Waals surface area contributed by atoms with E-state index in [-0.39, 0.29) is 6.10 Å². The molecule has 1 unspecified atom stereocenters. The Kier molecular flexibility index (Phi) is 8.53. The molecule has 1 aliphatic rings. The van der Waals surface area contributed by atoms with Crippen molar-refractivity contribution in [2.45, 2.75) is 45.1 Å². The summed E-state index contributed by atoms with van der Waals surface area (Å²) in [6, 6.07) is 0. The molecule has 1 aromatic heterocycles. The van der Waals surface area contributed by atoms with E-state index in [0.717, 1.165) is 10.8 Å². The number of hydrogen-bond acceptors (Lipinski definition) is 4. The summed E-state index contributed by atoms with van der Waals surface area (Å²) in [4.78, 5) is 24.2. The van der Waals surface area contributed by atoms with Crippen LogP contribution in [-0.2, 0) is 4.74 Å². The first-order valence-corrected chi connectivity index (χ1v) is 7.69. The molecule has 8 heteroatoms. The highest BCUT2D eigenvalue weighted by molar-refractivity contribution is 6.30. The van der Waals surface area contributed by atoms with Gasteiger partial charge in [0.1, 0.15) is 6.10 Å². The summed E-state index contributed by atoms with van der Waals surface area (Å²) in [5, 5.41) is 11.8. The zero-order chi connectivity index (χ0) is 18.8. The molecule has 2 rings (SSSR count). The maximum atomic E-state index is 13.1. The molecule has 1 fully saturated rings. The van der Waals surface area contributed by atoms with Crippen molar-refractivity contribution < 1.29 is 14.2 Å².